The molecule has 12 aromatic carbocycles. The molecule has 0 unspecified atom stereocenters. The largest absolute Gasteiger partial charge is 0.449 e. The predicted octanol–water partition coefficient (Wildman–Crippen LogP) is 28.3. The number of unbranched alkanes of at least 4 members (excludes halogenated alkanes) is 2. The smallest absolute Gasteiger partial charge is 0.411 e. The van der Waals surface area contributed by atoms with Crippen LogP contribution in [0.1, 0.15) is 262 Å². The van der Waals surface area contributed by atoms with Crippen molar-refractivity contribution in [3.63, 3.8) is 0 Å². The van der Waals surface area contributed by atoms with E-state index in [1.54, 1.807) is 0 Å². The molecule has 0 saturated heterocycles. The first-order valence-corrected chi connectivity index (χ1v) is 50.8. The second kappa shape index (κ2) is 41.3. The zero-order chi connectivity index (χ0) is 96.5. The van der Waals surface area contributed by atoms with Gasteiger partial charge in [-0.3, -0.25) is 21.3 Å². The van der Waals surface area contributed by atoms with E-state index in [9.17, 15) is 19.2 Å². The van der Waals surface area contributed by atoms with E-state index in [-0.39, 0.29) is 67.7 Å². The van der Waals surface area contributed by atoms with Gasteiger partial charge in [-0.15, -0.1) is 0 Å². The van der Waals surface area contributed by atoms with Crippen LogP contribution in [0.3, 0.4) is 0 Å². The third-order valence-corrected chi connectivity index (χ3v) is 32.1. The first-order chi connectivity index (χ1) is 66.8. The highest BCUT2D eigenvalue weighted by Crippen LogP contribution is 2.60. The first kappa shape index (κ1) is 96.6. The van der Waals surface area contributed by atoms with Crippen molar-refractivity contribution in [3.05, 3.63) is 380 Å². The van der Waals surface area contributed by atoms with E-state index < -0.39 is 0 Å². The number of nitrogens with one attached hydrogen (secondary N) is 4. The van der Waals surface area contributed by atoms with Crippen LogP contribution in [0.25, 0.3) is 0 Å². The summed E-state index contributed by atoms with van der Waals surface area (Å²) in [7, 11) is 0. The molecule has 16 heteroatoms. The molecule has 0 aliphatic carbocycles. The minimum Gasteiger partial charge on any atom is -0.449 e. The Bertz CT molecular complexity index is 5560. The Labute approximate surface area is 819 Å². The maximum absolute atomic E-state index is 12.7. The van der Waals surface area contributed by atoms with Gasteiger partial charge in [0.1, 0.15) is 0 Å². The van der Waals surface area contributed by atoms with E-state index in [0.717, 1.165) is 165 Å². The first-order valence-electron chi connectivity index (χ1n) is 50.8. The second-order valence-corrected chi connectivity index (χ2v) is 41.0. The van der Waals surface area contributed by atoms with E-state index in [4.69, 9.17) is 18.9 Å². The molecule has 12 aromatic rings. The standard InChI is InChI=1S/2C31H36N2O2.2C30H34N2O2/c2*1-4-5-20-35-29(34)32-25-21-26-28-27(22-25)31(3,24-14-10-7-11-15-24)17-19-33(28)18-16-30(26,2)23-12-8-6-9-13-23;2*1-4-19-34-28(33)31-24-20-25-27-26(21-24)30(3,23-13-9-6-10-14-23)16-18-32(27)17-15-29(25,2)22-11-7-5-8-12-22/h2*6-15,21-22H,4-5,16-20H2,1-3H3,(H,32,34);2*5-14,20-21H,4,15-19H2,1-3H3,(H,31,33)/t2*30-,31-;2*29-,30-/m0000/s1. The minimum atomic E-state index is -0.389. The van der Waals surface area contributed by atoms with Crippen LogP contribution in [0, 0.1) is 0 Å². The van der Waals surface area contributed by atoms with E-state index >= 15 is 0 Å². The van der Waals surface area contributed by atoms with Gasteiger partial charge in [0.2, 0.25) is 0 Å². The van der Waals surface area contributed by atoms with Crippen molar-refractivity contribution in [2.24, 2.45) is 0 Å². The van der Waals surface area contributed by atoms with Gasteiger partial charge in [-0.2, -0.15) is 0 Å². The van der Waals surface area contributed by atoms with Crippen LogP contribution in [0.2, 0.25) is 0 Å². The SMILES string of the molecule is CCCCOC(=O)Nc1cc2c3c(c1)[C@](C)(c1ccccc1)CCN3CC[C@@]2(C)c1ccccc1.CCCCOC(=O)Nc1cc2c3c(c1)[C@](C)(c1ccccc1)CCN3CC[C@@]2(C)c1ccccc1.CCCOC(=O)Nc1cc2c3c(c1)[C@](C)(c1ccccc1)CCN3CC[C@@]2(C)c1ccccc1.CCCOC(=O)Nc1cc2c3c(c1)[C@](C)(c1ccccc1)CCN3CC[C@@]2(C)c1ccccc1. The molecule has 8 aliphatic rings. The summed E-state index contributed by atoms with van der Waals surface area (Å²) in [5, 5.41) is 12.2. The summed E-state index contributed by atoms with van der Waals surface area (Å²) in [6, 6.07) is 104. The molecular formula is C122H140N8O8. The van der Waals surface area contributed by atoms with Gasteiger partial charge in [0, 0.05) is 141 Å². The number of amides is 4. The third-order valence-electron chi connectivity index (χ3n) is 32.1. The Balaban J connectivity index is 0.000000127. The molecule has 8 atom stereocenters. The van der Waals surface area contributed by atoms with Crippen LogP contribution in [0.15, 0.2) is 291 Å². The molecule has 4 amide bonds. The van der Waals surface area contributed by atoms with Gasteiger partial charge in [-0.25, -0.2) is 19.2 Å². The third kappa shape index (κ3) is 19.1. The number of hydrogen-bond donors (Lipinski definition) is 4. The van der Waals surface area contributed by atoms with E-state index in [1.165, 1.54) is 112 Å². The Morgan fingerprint density at radius 1 is 0.225 bits per heavy atom. The lowest BCUT2D eigenvalue weighted by Crippen LogP contribution is -2.47. The quantitative estimate of drug-likeness (QED) is 0.0375. The molecule has 0 aromatic heterocycles. The normalized spacial score (nSPS) is 23.0. The van der Waals surface area contributed by atoms with Gasteiger partial charge in [-0.1, -0.05) is 339 Å². The molecule has 0 radical (unpaired) electrons. The molecule has 4 N–H and O–H groups in total. The van der Waals surface area contributed by atoms with Crippen molar-refractivity contribution in [3.8, 4) is 0 Å². The predicted molar refractivity (Wildman–Crippen MR) is 565 cm³/mol. The Hall–Kier alpha value is -13.1. The van der Waals surface area contributed by atoms with Crippen molar-refractivity contribution in [1.29, 1.82) is 0 Å². The molecule has 0 spiro atoms. The summed E-state index contributed by atoms with van der Waals surface area (Å²) in [5.74, 6) is 0. The highest BCUT2D eigenvalue weighted by molar-refractivity contribution is 5.91. The van der Waals surface area contributed by atoms with Gasteiger partial charge in [0.15, 0.2) is 0 Å². The van der Waals surface area contributed by atoms with Crippen molar-refractivity contribution < 1.29 is 38.1 Å². The number of carbonyl (C=O) groups is 4. The van der Waals surface area contributed by atoms with E-state index in [0.29, 0.717) is 26.4 Å². The number of hydrogen-bond acceptors (Lipinski definition) is 12. The molecule has 16 nitrogen and oxygen atoms in total. The number of ether oxygens (including phenoxy) is 4. The van der Waals surface area contributed by atoms with E-state index in [2.05, 4.69) is 401 Å². The van der Waals surface area contributed by atoms with Crippen LogP contribution in [0.5, 0.6) is 0 Å². The fourth-order valence-electron chi connectivity index (χ4n) is 23.3. The van der Waals surface area contributed by atoms with Gasteiger partial charge < -0.3 is 38.5 Å². The fourth-order valence-corrected chi connectivity index (χ4v) is 23.3. The summed E-state index contributed by atoms with van der Waals surface area (Å²) < 4.78 is 21.6. The maximum Gasteiger partial charge on any atom is 0.411 e. The molecule has 138 heavy (non-hydrogen) atoms. The Kier molecular flexibility index (Phi) is 28.9. The molecular weight excluding hydrogens is 1710 g/mol. The topological polar surface area (TPSA) is 166 Å². The van der Waals surface area contributed by atoms with E-state index in [1.807, 2.05) is 13.8 Å². The summed E-state index contributed by atoms with van der Waals surface area (Å²) in [6.07, 6.45) is 12.1. The number of rotatable bonds is 22. The van der Waals surface area contributed by atoms with Crippen molar-refractivity contribution in [2.75, 3.05) is 120 Å². The van der Waals surface area contributed by atoms with Crippen molar-refractivity contribution in [2.45, 2.75) is 216 Å². The van der Waals surface area contributed by atoms with Gasteiger partial charge in [-0.05, 0) is 215 Å². The van der Waals surface area contributed by atoms with Crippen LogP contribution >= 0.6 is 0 Å². The lowest BCUT2D eigenvalue weighted by Gasteiger charge is -2.50. The molecule has 20 rings (SSSR count). The lowest BCUT2D eigenvalue weighted by atomic mass is 9.64. The Morgan fingerprint density at radius 3 is 0.507 bits per heavy atom. The highest BCUT2D eigenvalue weighted by atomic mass is 16.6. The molecule has 0 fully saturated rings. The van der Waals surface area contributed by atoms with Crippen LogP contribution in [0.4, 0.5) is 64.7 Å². The summed E-state index contributed by atoms with van der Waals surface area (Å²) >= 11 is 0. The van der Waals surface area contributed by atoms with Gasteiger partial charge >= 0.3 is 24.4 Å². The van der Waals surface area contributed by atoms with Crippen LogP contribution in [-0.2, 0) is 62.3 Å². The van der Waals surface area contributed by atoms with Crippen molar-refractivity contribution in [1.82, 2.24) is 0 Å². The Morgan fingerprint density at radius 2 is 0.370 bits per heavy atom. The molecule has 0 saturated carbocycles. The number of anilines is 8. The molecule has 8 heterocycles. The van der Waals surface area contributed by atoms with Crippen LogP contribution in [-0.4, -0.2) is 103 Å². The fraction of sp³-hybridized carbons (Fsp3) is 0.377. The average Bonchev–Trinajstić information content (AvgIpc) is 0.724. The number of benzene rings is 12. The van der Waals surface area contributed by atoms with Crippen LogP contribution < -0.4 is 40.9 Å². The zero-order valence-electron chi connectivity index (χ0n) is 83.2. The lowest BCUT2D eigenvalue weighted by molar-refractivity contribution is 0.159. The number of carbonyl (C=O) groups excluding carboxylic acids is 4. The summed E-state index contributed by atoms with van der Waals surface area (Å²) in [6.45, 7) is 37.0. The molecule has 716 valence electrons. The second-order valence-electron chi connectivity index (χ2n) is 41.0. The number of nitrogens with zero attached hydrogens (tertiary/aromatic N) is 4. The monoisotopic (exact) mass is 1850 g/mol. The zero-order valence-corrected chi connectivity index (χ0v) is 83.2. The van der Waals surface area contributed by atoms with Crippen molar-refractivity contribution >= 4 is 69.9 Å². The molecule has 8 aliphatic heterocycles. The molecule has 0 bridgehead atoms. The maximum atomic E-state index is 12.7. The van der Waals surface area contributed by atoms with Gasteiger partial charge in [0.05, 0.1) is 26.4 Å². The average molecular weight is 1850 g/mol. The minimum absolute atomic E-state index is 0.137. The highest BCUT2D eigenvalue weighted by Gasteiger charge is 2.51. The summed E-state index contributed by atoms with van der Waals surface area (Å²) in [5.41, 5.74) is 28.3. The summed E-state index contributed by atoms with van der Waals surface area (Å²) in [4.78, 5) is 60.6. The van der Waals surface area contributed by atoms with Gasteiger partial charge in [0.25, 0.3) is 0 Å².